The summed E-state index contributed by atoms with van der Waals surface area (Å²) in [5.74, 6) is 2.36. The van der Waals surface area contributed by atoms with Gasteiger partial charge in [0, 0.05) is 19.8 Å². The molecule has 0 saturated carbocycles. The zero-order valence-corrected chi connectivity index (χ0v) is 18.2. The Kier molecular flexibility index (Phi) is 63.6. The number of hydrogen-bond donors (Lipinski definition) is 6. The summed E-state index contributed by atoms with van der Waals surface area (Å²) in [5, 5.41) is 24.1. The fraction of sp³-hybridized carbons (Fsp3) is 1.00. The molecule has 125 valence electrons. The number of thiol groups is 3. The Morgan fingerprint density at radius 3 is 1.00 bits per heavy atom. The van der Waals surface area contributed by atoms with Crippen LogP contribution in [0.5, 0.6) is 0 Å². The van der Waals surface area contributed by atoms with E-state index >= 15 is 0 Å². The van der Waals surface area contributed by atoms with Gasteiger partial charge in [0.25, 0.3) is 0 Å². The molecule has 0 spiro atoms. The molecule has 0 unspecified atom stereocenters. The maximum atomic E-state index is 8.02. The molecule has 0 bridgehead atoms. The molecule has 0 amide bonds. The van der Waals surface area contributed by atoms with Crippen molar-refractivity contribution in [3.05, 3.63) is 0 Å². The largest absolute Gasteiger partial charge is 0.396 e. The molecular weight excluding hydrogens is 419 g/mol. The van der Waals surface area contributed by atoms with Crippen LogP contribution in [0, 0.1) is 0 Å². The monoisotopic (exact) mass is 453 g/mol. The zero-order chi connectivity index (χ0) is 16.5. The molecule has 0 aromatic rings. The van der Waals surface area contributed by atoms with Crippen LogP contribution in [0.1, 0.15) is 39.0 Å². The molecular formula is C13H33O3S3Sn. The Morgan fingerprint density at radius 2 is 1.00 bits per heavy atom. The Balaban J connectivity index is -0.0000000853. The zero-order valence-electron chi connectivity index (χ0n) is 12.7. The molecule has 0 fully saturated rings. The van der Waals surface area contributed by atoms with Gasteiger partial charge < -0.3 is 15.3 Å². The van der Waals surface area contributed by atoms with Crippen LogP contribution in [-0.2, 0) is 0 Å². The maximum Gasteiger partial charge on any atom is 0.0438 e. The van der Waals surface area contributed by atoms with Crippen LogP contribution >= 0.6 is 37.9 Å². The third-order valence-electron chi connectivity index (χ3n) is 1.48. The quantitative estimate of drug-likeness (QED) is 0.253. The third-order valence-corrected chi connectivity index (χ3v) is 3.44. The fourth-order valence-corrected chi connectivity index (χ4v) is 1.82. The topological polar surface area (TPSA) is 60.7 Å². The van der Waals surface area contributed by atoms with Crippen molar-refractivity contribution >= 4 is 60.4 Å². The molecule has 0 saturated heterocycles. The summed E-state index contributed by atoms with van der Waals surface area (Å²) in [5.41, 5.74) is 0. The predicted octanol–water partition coefficient (Wildman–Crippen LogP) is 2.27. The van der Waals surface area contributed by atoms with Gasteiger partial charge in [0.1, 0.15) is 0 Å². The fourth-order valence-electron chi connectivity index (χ4n) is 0.389. The van der Waals surface area contributed by atoms with Gasteiger partial charge in [-0.05, 0) is 36.5 Å². The summed E-state index contributed by atoms with van der Waals surface area (Å²) in [6, 6.07) is 0. The van der Waals surface area contributed by atoms with E-state index in [0.717, 1.165) is 36.5 Å². The molecule has 3 N–H and O–H groups in total. The molecule has 0 rings (SSSR count). The second-order valence-corrected chi connectivity index (χ2v) is 6.27. The van der Waals surface area contributed by atoms with Gasteiger partial charge in [0.05, 0.1) is 0 Å². The van der Waals surface area contributed by atoms with E-state index in [1.165, 1.54) is 17.3 Å². The molecule has 0 aromatic carbocycles. The van der Waals surface area contributed by atoms with Gasteiger partial charge in [0.15, 0.2) is 0 Å². The van der Waals surface area contributed by atoms with Gasteiger partial charge in [-0.2, -0.15) is 37.9 Å². The summed E-state index contributed by atoms with van der Waals surface area (Å²) < 4.78 is 1.43. The van der Waals surface area contributed by atoms with E-state index in [-0.39, 0.29) is 19.8 Å². The van der Waals surface area contributed by atoms with Gasteiger partial charge in [-0.1, -0.05) is 0 Å². The van der Waals surface area contributed by atoms with Crippen molar-refractivity contribution in [3.8, 4) is 0 Å². The summed E-state index contributed by atoms with van der Waals surface area (Å²) >= 11 is 13.2. The van der Waals surface area contributed by atoms with Gasteiger partial charge >= 0.3 is 46.7 Å². The molecule has 20 heavy (non-hydrogen) atoms. The van der Waals surface area contributed by atoms with E-state index in [0.29, 0.717) is 0 Å². The van der Waals surface area contributed by atoms with Crippen LogP contribution in [0.15, 0.2) is 0 Å². The van der Waals surface area contributed by atoms with E-state index in [2.05, 4.69) is 44.8 Å². The van der Waals surface area contributed by atoms with Crippen molar-refractivity contribution in [2.24, 2.45) is 0 Å². The van der Waals surface area contributed by atoms with Crippen LogP contribution in [0.3, 0.4) is 0 Å². The van der Waals surface area contributed by atoms with Gasteiger partial charge in [-0.3, -0.25) is 0 Å². The number of aliphatic hydroxyl groups excluding tert-OH is 3. The van der Waals surface area contributed by atoms with Crippen molar-refractivity contribution < 1.29 is 15.3 Å². The van der Waals surface area contributed by atoms with E-state index in [1.807, 2.05) is 0 Å². The van der Waals surface area contributed by atoms with Crippen molar-refractivity contribution in [2.45, 2.75) is 43.5 Å². The molecule has 7 heteroatoms. The summed E-state index contributed by atoms with van der Waals surface area (Å²) in [6.07, 6.45) is 5.22. The van der Waals surface area contributed by atoms with E-state index in [4.69, 9.17) is 15.3 Å². The van der Waals surface area contributed by atoms with Crippen LogP contribution < -0.4 is 0 Å². The van der Waals surface area contributed by atoms with Crippen LogP contribution in [0.25, 0.3) is 0 Å². The van der Waals surface area contributed by atoms with E-state index < -0.39 is 0 Å². The van der Waals surface area contributed by atoms with Crippen molar-refractivity contribution in [1.29, 1.82) is 0 Å². The van der Waals surface area contributed by atoms with Crippen LogP contribution in [0.2, 0.25) is 4.44 Å². The minimum absolute atomic E-state index is 0.267. The van der Waals surface area contributed by atoms with Gasteiger partial charge in [-0.25, -0.2) is 0 Å². The molecule has 0 heterocycles. The Morgan fingerprint density at radius 1 is 0.700 bits per heavy atom. The van der Waals surface area contributed by atoms with Crippen molar-refractivity contribution in [1.82, 2.24) is 0 Å². The molecule has 0 aliphatic carbocycles. The molecule has 0 aromatic heterocycles. The van der Waals surface area contributed by atoms with Gasteiger partial charge in [-0.15, -0.1) is 0 Å². The minimum atomic E-state index is 0.267. The second-order valence-electron chi connectivity index (χ2n) is 3.51. The summed E-state index contributed by atoms with van der Waals surface area (Å²) in [7, 11) is 0. The minimum Gasteiger partial charge on any atom is -0.396 e. The third kappa shape index (κ3) is 73.1. The molecule has 3 nitrogen and oxygen atoms in total. The first-order chi connectivity index (χ1) is 9.66. The number of rotatable bonds is 8. The maximum absolute atomic E-state index is 8.02. The number of hydrogen-bond acceptors (Lipinski definition) is 6. The average Bonchev–Trinajstić information content (AvgIpc) is 2.44. The second kappa shape index (κ2) is 42.8. The van der Waals surface area contributed by atoms with Crippen LogP contribution in [0.4, 0.5) is 0 Å². The normalized spacial score (nSPS) is 8.40. The average molecular weight is 452 g/mol. The number of aliphatic hydroxyl groups is 3. The van der Waals surface area contributed by atoms with E-state index in [1.54, 1.807) is 22.5 Å². The van der Waals surface area contributed by atoms with E-state index in [9.17, 15) is 0 Å². The summed E-state index contributed by atoms with van der Waals surface area (Å²) in [6.45, 7) is 3.03. The standard InChI is InChI=1S/C4H9.3C3H8OS.Sn/c1-3-4-2;3*4-2-1-3-5;/h1,3-4H2,2H3;3*4-5H,1-3H2;. The van der Waals surface area contributed by atoms with Crippen LogP contribution in [-0.4, -0.2) is 74.9 Å². The first-order valence-corrected chi connectivity index (χ1v) is 10.9. The Hall–Kier alpha value is 1.73. The van der Waals surface area contributed by atoms with Gasteiger partial charge in [0.2, 0.25) is 0 Å². The summed E-state index contributed by atoms with van der Waals surface area (Å²) in [4.78, 5) is 0. The Bertz CT molecular complexity index is 82.9. The Labute approximate surface area is 155 Å². The molecule has 0 atom stereocenters. The van der Waals surface area contributed by atoms with Crippen molar-refractivity contribution in [2.75, 3.05) is 37.1 Å². The van der Waals surface area contributed by atoms with Crippen molar-refractivity contribution in [3.63, 3.8) is 0 Å². The molecule has 0 aliphatic rings. The first-order valence-electron chi connectivity index (χ1n) is 6.96. The predicted molar refractivity (Wildman–Crippen MR) is 102 cm³/mol. The molecule has 0 aliphatic heterocycles. The first kappa shape index (κ1) is 29.7. The smallest absolute Gasteiger partial charge is 0.0438 e. The number of unbranched alkanes of at least 4 members (excludes halogenated alkanes) is 1. The molecule has 3 radical (unpaired) electrons. The SMILES string of the molecule is CCC[CH2][Sn].OCCCS.OCCCS.OCCCS.